The molecule has 0 spiro atoms. The molecule has 0 fully saturated rings. The van der Waals surface area contributed by atoms with E-state index >= 15 is 0 Å². The van der Waals surface area contributed by atoms with E-state index in [0.29, 0.717) is 18.1 Å². The lowest BCUT2D eigenvalue weighted by atomic mass is 10.1. The minimum atomic E-state index is -0.565. The molecule has 0 saturated carbocycles. The molecule has 0 aliphatic heterocycles. The highest BCUT2D eigenvalue weighted by Gasteiger charge is 2.10. The number of nitrogens with two attached hydrogens (primary N) is 2. The predicted molar refractivity (Wildman–Crippen MR) is 73.5 cm³/mol. The van der Waals surface area contributed by atoms with Crippen molar-refractivity contribution in [3.8, 4) is 0 Å². The van der Waals surface area contributed by atoms with E-state index in [9.17, 15) is 4.79 Å². The van der Waals surface area contributed by atoms with Gasteiger partial charge in [-0.3, -0.25) is 9.78 Å². The lowest BCUT2D eigenvalue weighted by Crippen LogP contribution is -2.16. The van der Waals surface area contributed by atoms with Gasteiger partial charge < -0.3 is 16.8 Å². The first kappa shape index (κ1) is 12.8. The second-order valence-corrected chi connectivity index (χ2v) is 4.18. The van der Waals surface area contributed by atoms with Crippen LogP contribution in [-0.4, -0.2) is 15.9 Å². The van der Waals surface area contributed by atoms with E-state index in [4.69, 9.17) is 11.5 Å². The van der Waals surface area contributed by atoms with Crippen LogP contribution in [0.1, 0.15) is 21.5 Å². The molecule has 0 atom stereocenters. The normalized spacial score (nSPS) is 10.2. The fourth-order valence-electron chi connectivity index (χ4n) is 1.67. The molecule has 5 N–H and O–H groups in total. The molecule has 19 heavy (non-hydrogen) atoms. The molecule has 0 aliphatic rings. The molecule has 2 rings (SSSR count). The Morgan fingerprint density at radius 1 is 1.42 bits per heavy atom. The summed E-state index contributed by atoms with van der Waals surface area (Å²) in [6, 6.07) is 3.43. The molecule has 2 aromatic heterocycles. The summed E-state index contributed by atoms with van der Waals surface area (Å²) in [6.07, 6.45) is 4.98. The standard InChI is InChI=1S/C13H15N5O/c1-8-2-3-16-5-9(8)6-17-13-11(12(15)19)4-10(14)7-18-13/h2-5,7H,6,14H2,1H3,(H2,15,19)(H,17,18). The first-order valence-electron chi connectivity index (χ1n) is 5.76. The second-order valence-electron chi connectivity index (χ2n) is 4.18. The number of aryl methyl sites for hydroxylation is 1. The summed E-state index contributed by atoms with van der Waals surface area (Å²) < 4.78 is 0. The third-order valence-corrected chi connectivity index (χ3v) is 2.77. The molecule has 2 heterocycles. The van der Waals surface area contributed by atoms with Crippen LogP contribution in [0.5, 0.6) is 0 Å². The SMILES string of the molecule is Cc1ccncc1CNc1ncc(N)cc1C(N)=O. The molecule has 0 aromatic carbocycles. The van der Waals surface area contributed by atoms with Gasteiger partial charge >= 0.3 is 0 Å². The van der Waals surface area contributed by atoms with Crippen molar-refractivity contribution in [2.75, 3.05) is 11.1 Å². The van der Waals surface area contributed by atoms with Crippen LogP contribution >= 0.6 is 0 Å². The molecular formula is C13H15N5O. The van der Waals surface area contributed by atoms with Gasteiger partial charge in [0.2, 0.25) is 0 Å². The van der Waals surface area contributed by atoms with Gasteiger partial charge in [0.25, 0.3) is 5.91 Å². The lowest BCUT2D eigenvalue weighted by Gasteiger charge is -2.10. The Hall–Kier alpha value is -2.63. The highest BCUT2D eigenvalue weighted by molar-refractivity contribution is 5.98. The molecule has 6 heteroatoms. The Morgan fingerprint density at radius 2 is 2.21 bits per heavy atom. The molecule has 6 nitrogen and oxygen atoms in total. The first-order valence-corrected chi connectivity index (χ1v) is 5.76. The van der Waals surface area contributed by atoms with Crippen molar-refractivity contribution in [1.82, 2.24) is 9.97 Å². The summed E-state index contributed by atoms with van der Waals surface area (Å²) in [4.78, 5) is 19.5. The minimum absolute atomic E-state index is 0.279. The number of aromatic nitrogens is 2. The fourth-order valence-corrected chi connectivity index (χ4v) is 1.67. The molecule has 0 bridgehead atoms. The van der Waals surface area contributed by atoms with Crippen molar-refractivity contribution in [3.63, 3.8) is 0 Å². The number of primary amides is 1. The average molecular weight is 257 g/mol. The van der Waals surface area contributed by atoms with E-state index in [1.807, 2.05) is 13.0 Å². The molecule has 98 valence electrons. The Morgan fingerprint density at radius 3 is 2.89 bits per heavy atom. The maximum absolute atomic E-state index is 11.3. The van der Waals surface area contributed by atoms with Gasteiger partial charge in [-0.05, 0) is 30.2 Å². The zero-order valence-corrected chi connectivity index (χ0v) is 10.6. The van der Waals surface area contributed by atoms with Gasteiger partial charge in [-0.25, -0.2) is 4.98 Å². The summed E-state index contributed by atoms with van der Waals surface area (Å²) in [7, 11) is 0. The number of nitrogens with one attached hydrogen (secondary N) is 1. The van der Waals surface area contributed by atoms with Crippen LogP contribution in [0.15, 0.2) is 30.7 Å². The van der Waals surface area contributed by atoms with Gasteiger partial charge in [-0.15, -0.1) is 0 Å². The van der Waals surface area contributed by atoms with Gasteiger partial charge in [-0.2, -0.15) is 0 Å². The maximum atomic E-state index is 11.3. The summed E-state index contributed by atoms with van der Waals surface area (Å²) >= 11 is 0. The van der Waals surface area contributed by atoms with E-state index in [-0.39, 0.29) is 5.56 Å². The Labute approximate surface area is 110 Å². The van der Waals surface area contributed by atoms with E-state index in [2.05, 4.69) is 15.3 Å². The molecule has 0 saturated heterocycles. The summed E-state index contributed by atoms with van der Waals surface area (Å²) in [5, 5.41) is 3.07. The third-order valence-electron chi connectivity index (χ3n) is 2.77. The number of amides is 1. The highest BCUT2D eigenvalue weighted by Crippen LogP contribution is 2.16. The number of nitrogens with zero attached hydrogens (tertiary/aromatic N) is 2. The summed E-state index contributed by atoms with van der Waals surface area (Å²) in [6.45, 7) is 2.50. The highest BCUT2D eigenvalue weighted by atomic mass is 16.1. The number of pyridine rings is 2. The average Bonchev–Trinajstić information content (AvgIpc) is 2.38. The number of rotatable bonds is 4. The van der Waals surface area contributed by atoms with Crippen molar-refractivity contribution >= 4 is 17.4 Å². The van der Waals surface area contributed by atoms with Gasteiger partial charge in [0.15, 0.2) is 0 Å². The zero-order valence-electron chi connectivity index (χ0n) is 10.6. The largest absolute Gasteiger partial charge is 0.397 e. The monoisotopic (exact) mass is 257 g/mol. The fraction of sp³-hybridized carbons (Fsp3) is 0.154. The smallest absolute Gasteiger partial charge is 0.252 e. The number of nitrogen functional groups attached to an aromatic ring is 1. The Balaban J connectivity index is 2.20. The van der Waals surface area contributed by atoms with Gasteiger partial charge in [0.05, 0.1) is 17.4 Å². The van der Waals surface area contributed by atoms with E-state index < -0.39 is 5.91 Å². The van der Waals surface area contributed by atoms with Crippen LogP contribution in [0.3, 0.4) is 0 Å². The lowest BCUT2D eigenvalue weighted by molar-refractivity contribution is 0.100. The molecule has 1 amide bonds. The minimum Gasteiger partial charge on any atom is -0.397 e. The first-order chi connectivity index (χ1) is 9.08. The van der Waals surface area contributed by atoms with E-state index in [1.165, 1.54) is 12.3 Å². The maximum Gasteiger partial charge on any atom is 0.252 e. The van der Waals surface area contributed by atoms with Crippen LogP contribution < -0.4 is 16.8 Å². The molecule has 0 unspecified atom stereocenters. The topological polar surface area (TPSA) is 107 Å². The summed E-state index contributed by atoms with van der Waals surface area (Å²) in [5.41, 5.74) is 13.7. The van der Waals surface area contributed by atoms with Crippen LogP contribution in [0, 0.1) is 6.92 Å². The number of hydrogen-bond acceptors (Lipinski definition) is 5. The predicted octanol–water partition coefficient (Wildman–Crippen LogP) is 1.08. The van der Waals surface area contributed by atoms with E-state index in [1.54, 1.807) is 12.4 Å². The number of carbonyl (C=O) groups is 1. The van der Waals surface area contributed by atoms with Gasteiger partial charge in [-0.1, -0.05) is 0 Å². The van der Waals surface area contributed by atoms with Crippen molar-refractivity contribution in [3.05, 3.63) is 47.4 Å². The van der Waals surface area contributed by atoms with Crippen molar-refractivity contribution in [1.29, 1.82) is 0 Å². The summed E-state index contributed by atoms with van der Waals surface area (Å²) in [5.74, 6) is -0.143. The van der Waals surface area contributed by atoms with Gasteiger partial charge in [0, 0.05) is 18.9 Å². The van der Waals surface area contributed by atoms with Crippen LogP contribution in [-0.2, 0) is 6.54 Å². The molecule has 2 aromatic rings. The Bertz CT molecular complexity index is 612. The Kier molecular flexibility index (Phi) is 3.61. The zero-order chi connectivity index (χ0) is 13.8. The molecular weight excluding hydrogens is 242 g/mol. The third kappa shape index (κ3) is 2.98. The second kappa shape index (κ2) is 5.34. The molecule has 0 radical (unpaired) electrons. The quantitative estimate of drug-likeness (QED) is 0.759. The number of anilines is 2. The van der Waals surface area contributed by atoms with Crippen LogP contribution in [0.2, 0.25) is 0 Å². The van der Waals surface area contributed by atoms with Crippen molar-refractivity contribution < 1.29 is 4.79 Å². The number of carbonyl (C=O) groups excluding carboxylic acids is 1. The van der Waals surface area contributed by atoms with E-state index in [0.717, 1.165) is 11.1 Å². The molecule has 0 aliphatic carbocycles. The van der Waals surface area contributed by atoms with Crippen molar-refractivity contribution in [2.24, 2.45) is 5.73 Å². The van der Waals surface area contributed by atoms with Crippen LogP contribution in [0.25, 0.3) is 0 Å². The van der Waals surface area contributed by atoms with Crippen molar-refractivity contribution in [2.45, 2.75) is 13.5 Å². The van der Waals surface area contributed by atoms with Crippen LogP contribution in [0.4, 0.5) is 11.5 Å². The van der Waals surface area contributed by atoms with Gasteiger partial charge in [0.1, 0.15) is 5.82 Å². The number of hydrogen-bond donors (Lipinski definition) is 3.